The first-order valence-corrected chi connectivity index (χ1v) is 8.69. The molecule has 2 aliphatic rings. The molecule has 3 rings (SSSR count). The van der Waals surface area contributed by atoms with Crippen LogP contribution in [0.2, 0.25) is 0 Å². The molecule has 1 aromatic rings. The number of rotatable bonds is 6. The van der Waals surface area contributed by atoms with Gasteiger partial charge in [0.15, 0.2) is 0 Å². The molecule has 1 aromatic carbocycles. The van der Waals surface area contributed by atoms with Crippen LogP contribution in [0.3, 0.4) is 0 Å². The van der Waals surface area contributed by atoms with Gasteiger partial charge in [-0.3, -0.25) is 15.3 Å². The standard InChI is InChI=1S/C15H22N4O3S/c16-23-12-1-2-13(14(9-12)19(20)21)17-5-6-18-10-15(11-18)3-7-22-8-4-15/h1-2,9,17H,3-8,10-11,16H2. The van der Waals surface area contributed by atoms with E-state index in [9.17, 15) is 10.1 Å². The van der Waals surface area contributed by atoms with E-state index in [-0.39, 0.29) is 10.6 Å². The highest BCUT2D eigenvalue weighted by molar-refractivity contribution is 7.97. The van der Waals surface area contributed by atoms with Crippen LogP contribution in [0.1, 0.15) is 12.8 Å². The number of anilines is 1. The maximum Gasteiger partial charge on any atom is 0.293 e. The van der Waals surface area contributed by atoms with Crippen molar-refractivity contribution in [3.05, 3.63) is 28.3 Å². The van der Waals surface area contributed by atoms with Crippen LogP contribution < -0.4 is 10.5 Å². The lowest BCUT2D eigenvalue weighted by Gasteiger charge is -2.52. The van der Waals surface area contributed by atoms with Gasteiger partial charge in [-0.2, -0.15) is 0 Å². The summed E-state index contributed by atoms with van der Waals surface area (Å²) in [5.41, 5.74) is 1.09. The van der Waals surface area contributed by atoms with Gasteiger partial charge in [-0.1, -0.05) is 0 Å². The molecule has 2 heterocycles. The lowest BCUT2D eigenvalue weighted by molar-refractivity contribution is -0.384. The van der Waals surface area contributed by atoms with Gasteiger partial charge in [0, 0.05) is 55.8 Å². The van der Waals surface area contributed by atoms with Crippen molar-refractivity contribution in [2.75, 3.05) is 44.7 Å². The predicted molar refractivity (Wildman–Crippen MR) is 90.6 cm³/mol. The molecule has 126 valence electrons. The summed E-state index contributed by atoms with van der Waals surface area (Å²) in [5.74, 6) is 0. The van der Waals surface area contributed by atoms with E-state index in [0.29, 0.717) is 22.5 Å². The Morgan fingerprint density at radius 1 is 1.39 bits per heavy atom. The Morgan fingerprint density at radius 2 is 2.13 bits per heavy atom. The topological polar surface area (TPSA) is 93.7 Å². The minimum absolute atomic E-state index is 0.0740. The third-order valence-corrected chi connectivity index (χ3v) is 5.24. The highest BCUT2D eigenvalue weighted by Crippen LogP contribution is 2.39. The van der Waals surface area contributed by atoms with Gasteiger partial charge in [-0.25, -0.2) is 0 Å². The first kappa shape index (κ1) is 16.5. The lowest BCUT2D eigenvalue weighted by Crippen LogP contribution is -2.59. The predicted octanol–water partition coefficient (Wildman–Crippen LogP) is 2.08. The summed E-state index contributed by atoms with van der Waals surface area (Å²) in [5, 5.41) is 19.8. The fraction of sp³-hybridized carbons (Fsp3) is 0.600. The van der Waals surface area contributed by atoms with Crippen LogP contribution in [0.5, 0.6) is 0 Å². The van der Waals surface area contributed by atoms with E-state index >= 15 is 0 Å². The van der Waals surface area contributed by atoms with Gasteiger partial charge in [-0.05, 0) is 36.9 Å². The fourth-order valence-electron chi connectivity index (χ4n) is 3.42. The fourth-order valence-corrected chi connectivity index (χ4v) is 3.74. The summed E-state index contributed by atoms with van der Waals surface area (Å²) in [7, 11) is 0. The van der Waals surface area contributed by atoms with Crippen molar-refractivity contribution in [2.45, 2.75) is 17.7 Å². The summed E-state index contributed by atoms with van der Waals surface area (Å²) in [6.45, 7) is 5.58. The highest BCUT2D eigenvalue weighted by atomic mass is 32.2. The molecule has 0 aromatic heterocycles. The van der Waals surface area contributed by atoms with Crippen molar-refractivity contribution in [1.29, 1.82) is 0 Å². The minimum atomic E-state index is -0.372. The summed E-state index contributed by atoms with van der Waals surface area (Å²) in [6.07, 6.45) is 2.31. The number of nitrogens with two attached hydrogens (primary N) is 1. The Bertz CT molecular complexity index is 570. The van der Waals surface area contributed by atoms with Crippen molar-refractivity contribution < 1.29 is 9.66 Å². The molecule has 3 N–H and O–H groups in total. The van der Waals surface area contributed by atoms with Crippen LogP contribution in [-0.4, -0.2) is 49.2 Å². The summed E-state index contributed by atoms with van der Waals surface area (Å²) < 4.78 is 5.42. The quantitative estimate of drug-likeness (QED) is 0.466. The normalized spacial score (nSPS) is 20.2. The SMILES string of the molecule is NSc1ccc(NCCN2CC3(CCOCC3)C2)c([N+](=O)[O-])c1. The Labute approximate surface area is 139 Å². The lowest BCUT2D eigenvalue weighted by atomic mass is 9.73. The van der Waals surface area contributed by atoms with E-state index in [4.69, 9.17) is 9.88 Å². The number of nitro groups is 1. The molecule has 1 spiro atoms. The van der Waals surface area contributed by atoms with Gasteiger partial charge in [0.1, 0.15) is 5.69 Å². The molecular formula is C15H22N4O3S. The Kier molecular flexibility index (Phi) is 5.05. The minimum Gasteiger partial charge on any atom is -0.381 e. The van der Waals surface area contributed by atoms with Crippen LogP contribution in [0.4, 0.5) is 11.4 Å². The number of nitrogens with one attached hydrogen (secondary N) is 1. The summed E-state index contributed by atoms with van der Waals surface area (Å²) in [6, 6.07) is 5.03. The average molecular weight is 338 g/mol. The van der Waals surface area contributed by atoms with Gasteiger partial charge in [0.25, 0.3) is 5.69 Å². The van der Waals surface area contributed by atoms with Gasteiger partial charge in [0.2, 0.25) is 0 Å². The molecule has 2 aliphatic heterocycles. The van der Waals surface area contributed by atoms with E-state index in [2.05, 4.69) is 10.2 Å². The largest absolute Gasteiger partial charge is 0.381 e. The second-order valence-corrected chi connectivity index (χ2v) is 7.01. The number of nitro benzene ring substituents is 1. The molecule has 0 unspecified atom stereocenters. The molecule has 8 heteroatoms. The van der Waals surface area contributed by atoms with Crippen LogP contribution in [-0.2, 0) is 4.74 Å². The molecule has 0 amide bonds. The van der Waals surface area contributed by atoms with Gasteiger partial charge < -0.3 is 15.0 Å². The van der Waals surface area contributed by atoms with Crippen LogP contribution in [0.15, 0.2) is 23.1 Å². The van der Waals surface area contributed by atoms with Gasteiger partial charge in [-0.15, -0.1) is 0 Å². The van der Waals surface area contributed by atoms with Crippen LogP contribution >= 0.6 is 11.9 Å². The molecule has 0 atom stereocenters. The maximum absolute atomic E-state index is 11.1. The van der Waals surface area contributed by atoms with E-state index in [1.165, 1.54) is 6.07 Å². The summed E-state index contributed by atoms with van der Waals surface area (Å²) >= 11 is 1.01. The zero-order chi connectivity index (χ0) is 16.3. The second-order valence-electron chi connectivity index (χ2n) is 6.30. The third kappa shape index (κ3) is 3.77. The maximum atomic E-state index is 11.1. The zero-order valence-electron chi connectivity index (χ0n) is 13.0. The van der Waals surface area contributed by atoms with E-state index in [0.717, 1.165) is 57.6 Å². The van der Waals surface area contributed by atoms with E-state index in [1.807, 2.05) is 0 Å². The van der Waals surface area contributed by atoms with Gasteiger partial charge >= 0.3 is 0 Å². The molecule has 2 fully saturated rings. The van der Waals surface area contributed by atoms with Gasteiger partial charge in [0.05, 0.1) is 4.92 Å². The number of nitrogens with zero attached hydrogens (tertiary/aromatic N) is 2. The smallest absolute Gasteiger partial charge is 0.293 e. The monoisotopic (exact) mass is 338 g/mol. The second kappa shape index (κ2) is 7.04. The first-order chi connectivity index (χ1) is 11.1. The van der Waals surface area contributed by atoms with Crippen molar-refractivity contribution >= 4 is 23.3 Å². The third-order valence-electron chi connectivity index (χ3n) is 4.72. The van der Waals surface area contributed by atoms with Crippen LogP contribution in [0.25, 0.3) is 0 Å². The zero-order valence-corrected chi connectivity index (χ0v) is 13.8. The number of likely N-dealkylation sites (tertiary alicyclic amines) is 1. The van der Waals surface area contributed by atoms with Crippen molar-refractivity contribution in [1.82, 2.24) is 4.90 Å². The Morgan fingerprint density at radius 3 is 2.78 bits per heavy atom. The summed E-state index contributed by atoms with van der Waals surface area (Å²) in [4.78, 5) is 13.9. The molecule has 0 aliphatic carbocycles. The number of benzene rings is 1. The molecule has 0 bridgehead atoms. The molecule has 0 saturated carbocycles. The number of hydrogen-bond donors (Lipinski definition) is 2. The van der Waals surface area contributed by atoms with Crippen molar-refractivity contribution in [3.8, 4) is 0 Å². The van der Waals surface area contributed by atoms with Crippen molar-refractivity contribution in [2.24, 2.45) is 10.6 Å². The van der Waals surface area contributed by atoms with E-state index < -0.39 is 0 Å². The first-order valence-electron chi connectivity index (χ1n) is 7.81. The highest BCUT2D eigenvalue weighted by Gasteiger charge is 2.43. The Hall–Kier alpha value is -1.35. The molecule has 0 radical (unpaired) electrons. The molecule has 23 heavy (non-hydrogen) atoms. The van der Waals surface area contributed by atoms with E-state index in [1.54, 1.807) is 12.1 Å². The van der Waals surface area contributed by atoms with Crippen LogP contribution in [0, 0.1) is 15.5 Å². The Balaban J connectivity index is 1.49. The average Bonchev–Trinajstić information content (AvgIpc) is 2.54. The molecule has 2 saturated heterocycles. The number of hydrogen-bond acceptors (Lipinski definition) is 7. The molecular weight excluding hydrogens is 316 g/mol. The van der Waals surface area contributed by atoms with Crippen molar-refractivity contribution in [3.63, 3.8) is 0 Å². The number of ether oxygens (including phenoxy) is 1. The molecule has 7 nitrogen and oxygen atoms in total.